The molecule has 0 atom stereocenters. The van der Waals surface area contributed by atoms with Gasteiger partial charge in [-0.15, -0.1) is 0 Å². The van der Waals surface area contributed by atoms with E-state index in [1.165, 1.54) is 6.07 Å². The lowest BCUT2D eigenvalue weighted by Gasteiger charge is -2.05. The maximum Gasteiger partial charge on any atom is 0.131 e. The Morgan fingerprint density at radius 3 is 2.57 bits per heavy atom. The quantitative estimate of drug-likeness (QED) is 0.636. The van der Waals surface area contributed by atoms with E-state index < -0.39 is 0 Å². The molecule has 0 bridgehead atoms. The molecule has 0 aromatic heterocycles. The maximum atomic E-state index is 13.4. The summed E-state index contributed by atoms with van der Waals surface area (Å²) in [6, 6.07) is 15.3. The van der Waals surface area contributed by atoms with Crippen LogP contribution in [0, 0.1) is 18.8 Å². The van der Waals surface area contributed by atoms with Crippen molar-refractivity contribution in [3.8, 4) is 11.1 Å². The molecule has 2 rings (SSSR count). The fourth-order valence-electron chi connectivity index (χ4n) is 1.50. The first-order valence-electron chi connectivity index (χ1n) is 4.50. The van der Waals surface area contributed by atoms with Crippen molar-refractivity contribution in [2.45, 2.75) is 6.92 Å². The minimum atomic E-state index is -0.179. The highest BCUT2D eigenvalue weighted by atomic mass is 19.1. The highest BCUT2D eigenvalue weighted by molar-refractivity contribution is 5.67. The standard InChI is InChI=1S/C13H10F/c1-10-6-2-3-7-11(10)12-8-4-5-9-13(12)14/h3-9H,1H3. The zero-order valence-electron chi connectivity index (χ0n) is 7.92. The summed E-state index contributed by atoms with van der Waals surface area (Å²) in [6.45, 7) is 1.96. The van der Waals surface area contributed by atoms with Crippen LogP contribution in [-0.2, 0) is 0 Å². The first-order chi connectivity index (χ1) is 6.79. The molecule has 0 nitrogen and oxygen atoms in total. The van der Waals surface area contributed by atoms with Gasteiger partial charge in [0.1, 0.15) is 5.82 Å². The van der Waals surface area contributed by atoms with Crippen molar-refractivity contribution in [3.63, 3.8) is 0 Å². The lowest BCUT2D eigenvalue weighted by Crippen LogP contribution is -1.86. The van der Waals surface area contributed by atoms with Crippen molar-refractivity contribution in [1.29, 1.82) is 0 Å². The van der Waals surface area contributed by atoms with Gasteiger partial charge in [-0.2, -0.15) is 0 Å². The molecule has 0 aliphatic rings. The van der Waals surface area contributed by atoms with E-state index in [9.17, 15) is 4.39 Å². The summed E-state index contributed by atoms with van der Waals surface area (Å²) >= 11 is 0. The number of rotatable bonds is 1. The van der Waals surface area contributed by atoms with Gasteiger partial charge in [-0.25, -0.2) is 4.39 Å². The third kappa shape index (κ3) is 1.53. The average molecular weight is 185 g/mol. The van der Waals surface area contributed by atoms with Crippen LogP contribution in [0.4, 0.5) is 4.39 Å². The minimum Gasteiger partial charge on any atom is -0.206 e. The van der Waals surface area contributed by atoms with Crippen LogP contribution in [0.3, 0.4) is 0 Å². The fourth-order valence-corrected chi connectivity index (χ4v) is 1.50. The van der Waals surface area contributed by atoms with Gasteiger partial charge in [0.05, 0.1) is 0 Å². The summed E-state index contributed by atoms with van der Waals surface area (Å²) < 4.78 is 13.4. The number of aryl methyl sites for hydroxylation is 1. The molecule has 0 amide bonds. The molecule has 1 heteroatoms. The van der Waals surface area contributed by atoms with Crippen LogP contribution in [0.5, 0.6) is 0 Å². The number of benzene rings is 2. The van der Waals surface area contributed by atoms with Crippen molar-refractivity contribution in [1.82, 2.24) is 0 Å². The molecule has 0 fully saturated rings. The average Bonchev–Trinajstić information content (AvgIpc) is 2.20. The molecule has 0 unspecified atom stereocenters. The Morgan fingerprint density at radius 2 is 1.86 bits per heavy atom. The summed E-state index contributed by atoms with van der Waals surface area (Å²) in [4.78, 5) is 0. The summed E-state index contributed by atoms with van der Waals surface area (Å²) in [7, 11) is 0. The highest BCUT2D eigenvalue weighted by Gasteiger charge is 2.05. The van der Waals surface area contributed by atoms with Gasteiger partial charge in [0.25, 0.3) is 0 Å². The van der Waals surface area contributed by atoms with Crippen molar-refractivity contribution >= 4 is 0 Å². The first kappa shape index (κ1) is 8.95. The Balaban J connectivity index is 2.61. The van der Waals surface area contributed by atoms with E-state index in [4.69, 9.17) is 0 Å². The number of hydrogen-bond donors (Lipinski definition) is 0. The monoisotopic (exact) mass is 185 g/mol. The molecule has 0 saturated heterocycles. The van der Waals surface area contributed by atoms with Crippen molar-refractivity contribution < 1.29 is 4.39 Å². The first-order valence-corrected chi connectivity index (χ1v) is 4.50. The zero-order valence-corrected chi connectivity index (χ0v) is 7.92. The summed E-state index contributed by atoms with van der Waals surface area (Å²) in [5, 5.41) is 0. The molecule has 0 aliphatic carbocycles. The van der Waals surface area contributed by atoms with E-state index in [0.29, 0.717) is 5.56 Å². The smallest absolute Gasteiger partial charge is 0.131 e. The maximum absolute atomic E-state index is 13.4. The Bertz CT molecular complexity index is 403. The normalized spacial score (nSPS) is 10.1. The van der Waals surface area contributed by atoms with Gasteiger partial charge in [0.2, 0.25) is 0 Å². The Morgan fingerprint density at radius 1 is 1.07 bits per heavy atom. The van der Waals surface area contributed by atoms with Gasteiger partial charge in [-0.05, 0) is 30.2 Å². The third-order valence-electron chi connectivity index (χ3n) is 2.23. The predicted octanol–water partition coefficient (Wildman–Crippen LogP) is 3.60. The molecule has 69 valence electrons. The van der Waals surface area contributed by atoms with Gasteiger partial charge < -0.3 is 0 Å². The lowest BCUT2D eigenvalue weighted by molar-refractivity contribution is 0.631. The van der Waals surface area contributed by atoms with Gasteiger partial charge in [0, 0.05) is 5.56 Å². The second-order valence-corrected chi connectivity index (χ2v) is 3.22. The van der Waals surface area contributed by atoms with Gasteiger partial charge in [-0.3, -0.25) is 0 Å². The summed E-state index contributed by atoms with van der Waals surface area (Å²) in [6.07, 6.45) is 0. The van der Waals surface area contributed by atoms with Gasteiger partial charge in [-0.1, -0.05) is 36.4 Å². The van der Waals surface area contributed by atoms with Crippen molar-refractivity contribution in [2.75, 3.05) is 0 Å². The van der Waals surface area contributed by atoms with E-state index in [-0.39, 0.29) is 5.82 Å². The molecule has 14 heavy (non-hydrogen) atoms. The third-order valence-corrected chi connectivity index (χ3v) is 2.23. The molecular formula is C13H10F. The molecule has 0 heterocycles. The largest absolute Gasteiger partial charge is 0.206 e. The molecule has 2 aromatic rings. The SMILES string of the molecule is Cc1c[c]ccc1-c1ccccc1F. The second-order valence-electron chi connectivity index (χ2n) is 3.22. The van der Waals surface area contributed by atoms with Crippen LogP contribution < -0.4 is 0 Å². The highest BCUT2D eigenvalue weighted by Crippen LogP contribution is 2.24. The molecule has 0 saturated carbocycles. The Kier molecular flexibility index (Phi) is 2.32. The lowest BCUT2D eigenvalue weighted by atomic mass is 10.0. The van der Waals surface area contributed by atoms with E-state index in [1.807, 2.05) is 25.1 Å². The molecule has 2 aromatic carbocycles. The van der Waals surface area contributed by atoms with Crippen molar-refractivity contribution in [3.05, 3.63) is 59.9 Å². The van der Waals surface area contributed by atoms with Gasteiger partial charge in [0.15, 0.2) is 0 Å². The topological polar surface area (TPSA) is 0 Å². The van der Waals surface area contributed by atoms with Crippen LogP contribution in [0.2, 0.25) is 0 Å². The second kappa shape index (κ2) is 3.62. The van der Waals surface area contributed by atoms with E-state index in [0.717, 1.165) is 11.1 Å². The molecular weight excluding hydrogens is 175 g/mol. The van der Waals surface area contributed by atoms with Crippen LogP contribution in [0.15, 0.2) is 42.5 Å². The number of hydrogen-bond acceptors (Lipinski definition) is 0. The molecule has 0 spiro atoms. The molecule has 0 N–H and O–H groups in total. The summed E-state index contributed by atoms with van der Waals surface area (Å²) in [5.41, 5.74) is 2.62. The minimum absolute atomic E-state index is 0.179. The van der Waals surface area contributed by atoms with E-state index in [1.54, 1.807) is 18.2 Å². The summed E-state index contributed by atoms with van der Waals surface area (Å²) in [5.74, 6) is -0.179. The van der Waals surface area contributed by atoms with Crippen LogP contribution in [0.25, 0.3) is 11.1 Å². The van der Waals surface area contributed by atoms with Crippen LogP contribution >= 0.6 is 0 Å². The van der Waals surface area contributed by atoms with E-state index in [2.05, 4.69) is 6.07 Å². The molecule has 1 radical (unpaired) electrons. The number of halogens is 1. The predicted molar refractivity (Wildman–Crippen MR) is 55.4 cm³/mol. The van der Waals surface area contributed by atoms with Gasteiger partial charge >= 0.3 is 0 Å². The Labute approximate surface area is 83.0 Å². The van der Waals surface area contributed by atoms with Crippen molar-refractivity contribution in [2.24, 2.45) is 0 Å². The van der Waals surface area contributed by atoms with E-state index >= 15 is 0 Å². The van der Waals surface area contributed by atoms with Crippen LogP contribution in [-0.4, -0.2) is 0 Å². The molecule has 0 aliphatic heterocycles. The Hall–Kier alpha value is -1.63. The van der Waals surface area contributed by atoms with Crippen LogP contribution in [0.1, 0.15) is 5.56 Å². The fraction of sp³-hybridized carbons (Fsp3) is 0.0769. The zero-order chi connectivity index (χ0) is 9.97.